The summed E-state index contributed by atoms with van der Waals surface area (Å²) in [5.41, 5.74) is 0.0152. The van der Waals surface area contributed by atoms with Crippen LogP contribution in [0.2, 0.25) is 0 Å². The molecule has 138 valence electrons. The Morgan fingerprint density at radius 1 is 1.28 bits per heavy atom. The molecular weight excluding hydrogens is 326 g/mol. The first-order valence-corrected chi connectivity index (χ1v) is 8.15. The molecule has 1 aromatic carbocycles. The van der Waals surface area contributed by atoms with Gasteiger partial charge in [-0.2, -0.15) is 0 Å². The lowest BCUT2D eigenvalue weighted by Gasteiger charge is -2.37. The molecule has 0 spiro atoms. The highest BCUT2D eigenvalue weighted by atomic mass is 16.5. The lowest BCUT2D eigenvalue weighted by atomic mass is 9.82. The molecule has 0 aromatic heterocycles. The zero-order valence-corrected chi connectivity index (χ0v) is 15.1. The van der Waals surface area contributed by atoms with Gasteiger partial charge in [0.2, 0.25) is 5.91 Å². The number of carbonyl (C=O) groups excluding carboxylic acids is 1. The Hall–Kier alpha value is -2.28. The van der Waals surface area contributed by atoms with Gasteiger partial charge in [-0.25, -0.2) is 0 Å². The van der Waals surface area contributed by atoms with Gasteiger partial charge in [-0.05, 0) is 31.5 Å². The summed E-state index contributed by atoms with van der Waals surface area (Å²) in [4.78, 5) is 25.6. The summed E-state index contributed by atoms with van der Waals surface area (Å²) in [5.74, 6) is 0.158. The number of hydrogen-bond acceptors (Lipinski definition) is 5. The average molecular weight is 351 g/mol. The lowest BCUT2D eigenvalue weighted by molar-refractivity contribution is -0.150. The fourth-order valence-corrected chi connectivity index (χ4v) is 2.97. The van der Waals surface area contributed by atoms with E-state index in [1.807, 2.05) is 19.9 Å². The summed E-state index contributed by atoms with van der Waals surface area (Å²) in [6.45, 7) is 4.76. The number of amides is 1. The summed E-state index contributed by atoms with van der Waals surface area (Å²) in [6, 6.07) is 5.41. The van der Waals surface area contributed by atoms with E-state index in [0.29, 0.717) is 24.7 Å². The van der Waals surface area contributed by atoms with E-state index >= 15 is 0 Å². The van der Waals surface area contributed by atoms with Gasteiger partial charge in [0.15, 0.2) is 11.5 Å². The molecule has 1 aliphatic rings. The predicted octanol–water partition coefficient (Wildman–Crippen LogP) is 1.68. The number of rotatable bonds is 6. The first-order chi connectivity index (χ1) is 11.8. The van der Waals surface area contributed by atoms with Crippen molar-refractivity contribution < 1.29 is 28.9 Å². The third-order valence-corrected chi connectivity index (χ3v) is 4.47. The number of benzene rings is 1. The summed E-state index contributed by atoms with van der Waals surface area (Å²) in [7, 11) is 3.11. The normalized spacial score (nSPS) is 17.9. The van der Waals surface area contributed by atoms with E-state index in [2.05, 4.69) is 0 Å². The van der Waals surface area contributed by atoms with Crippen molar-refractivity contribution in [3.8, 4) is 11.5 Å². The molecule has 7 heteroatoms. The van der Waals surface area contributed by atoms with Crippen LogP contribution in [-0.4, -0.2) is 61.9 Å². The SMILES string of the molecule is COc1ccc(C(C)(C)C(=O)N2CCOC(CC(=O)O)C2)cc1OC. The van der Waals surface area contributed by atoms with Crippen LogP contribution < -0.4 is 9.47 Å². The van der Waals surface area contributed by atoms with E-state index in [-0.39, 0.29) is 18.9 Å². The van der Waals surface area contributed by atoms with Crippen LogP contribution in [0, 0.1) is 0 Å². The van der Waals surface area contributed by atoms with Crippen LogP contribution in [-0.2, 0) is 19.7 Å². The van der Waals surface area contributed by atoms with Crippen LogP contribution >= 0.6 is 0 Å². The molecule has 1 N–H and O–H groups in total. The van der Waals surface area contributed by atoms with Crippen LogP contribution in [0.15, 0.2) is 18.2 Å². The van der Waals surface area contributed by atoms with Gasteiger partial charge in [0.25, 0.3) is 0 Å². The monoisotopic (exact) mass is 351 g/mol. The minimum Gasteiger partial charge on any atom is -0.493 e. The van der Waals surface area contributed by atoms with Gasteiger partial charge in [-0.1, -0.05) is 6.07 Å². The zero-order chi connectivity index (χ0) is 18.6. The summed E-state index contributed by atoms with van der Waals surface area (Å²) in [6.07, 6.45) is -0.586. The second-order valence-electron chi connectivity index (χ2n) is 6.54. The number of hydrogen-bond donors (Lipinski definition) is 1. The highest BCUT2D eigenvalue weighted by molar-refractivity contribution is 5.87. The van der Waals surface area contributed by atoms with E-state index in [4.69, 9.17) is 19.3 Å². The Bertz CT molecular complexity index is 642. The number of morpholine rings is 1. The minimum absolute atomic E-state index is 0.0709. The van der Waals surface area contributed by atoms with Crippen LogP contribution in [0.3, 0.4) is 0 Å². The maximum atomic E-state index is 13.1. The van der Waals surface area contributed by atoms with Gasteiger partial charge in [0, 0.05) is 13.1 Å². The summed E-state index contributed by atoms with van der Waals surface area (Å²) in [5, 5.41) is 8.93. The number of carboxylic acid groups (broad SMARTS) is 1. The van der Waals surface area contributed by atoms with E-state index in [9.17, 15) is 9.59 Å². The third kappa shape index (κ3) is 4.22. The largest absolute Gasteiger partial charge is 0.493 e. The average Bonchev–Trinajstić information content (AvgIpc) is 2.59. The predicted molar refractivity (Wildman–Crippen MR) is 91.1 cm³/mol. The smallest absolute Gasteiger partial charge is 0.306 e. The third-order valence-electron chi connectivity index (χ3n) is 4.47. The van der Waals surface area contributed by atoms with Crippen molar-refractivity contribution in [2.45, 2.75) is 31.8 Å². The second-order valence-corrected chi connectivity index (χ2v) is 6.54. The Kier molecular flexibility index (Phi) is 5.89. The molecule has 1 aromatic rings. The van der Waals surface area contributed by atoms with Crippen molar-refractivity contribution in [3.63, 3.8) is 0 Å². The van der Waals surface area contributed by atoms with Gasteiger partial charge in [0.1, 0.15) is 0 Å². The van der Waals surface area contributed by atoms with Gasteiger partial charge in [-0.3, -0.25) is 9.59 Å². The molecule has 1 amide bonds. The van der Waals surface area contributed by atoms with E-state index in [1.165, 1.54) is 0 Å². The van der Waals surface area contributed by atoms with Gasteiger partial charge in [-0.15, -0.1) is 0 Å². The number of ether oxygens (including phenoxy) is 3. The Morgan fingerprint density at radius 2 is 1.96 bits per heavy atom. The Morgan fingerprint density at radius 3 is 2.56 bits per heavy atom. The molecule has 1 atom stereocenters. The topological polar surface area (TPSA) is 85.3 Å². The number of nitrogens with zero attached hydrogens (tertiary/aromatic N) is 1. The van der Waals surface area contributed by atoms with E-state index < -0.39 is 17.5 Å². The molecule has 1 saturated heterocycles. The fraction of sp³-hybridized carbons (Fsp3) is 0.556. The van der Waals surface area contributed by atoms with Crippen molar-refractivity contribution >= 4 is 11.9 Å². The van der Waals surface area contributed by atoms with E-state index in [0.717, 1.165) is 5.56 Å². The van der Waals surface area contributed by atoms with Crippen LogP contribution in [0.5, 0.6) is 11.5 Å². The van der Waals surface area contributed by atoms with Crippen LogP contribution in [0.25, 0.3) is 0 Å². The molecular formula is C18H25NO6. The highest BCUT2D eigenvalue weighted by Gasteiger charge is 2.37. The van der Waals surface area contributed by atoms with Crippen molar-refractivity contribution in [2.75, 3.05) is 33.9 Å². The number of methoxy groups -OCH3 is 2. The molecule has 1 aliphatic heterocycles. The Balaban J connectivity index is 2.20. The number of carboxylic acids is 1. The molecule has 1 unspecified atom stereocenters. The quantitative estimate of drug-likeness (QED) is 0.839. The fourth-order valence-electron chi connectivity index (χ4n) is 2.97. The highest BCUT2D eigenvalue weighted by Crippen LogP contribution is 2.34. The first kappa shape index (κ1) is 19.1. The summed E-state index contributed by atoms with van der Waals surface area (Å²) < 4.78 is 16.0. The zero-order valence-electron chi connectivity index (χ0n) is 15.1. The van der Waals surface area contributed by atoms with Crippen molar-refractivity contribution in [1.29, 1.82) is 0 Å². The molecule has 2 rings (SSSR count). The van der Waals surface area contributed by atoms with E-state index in [1.54, 1.807) is 31.3 Å². The molecule has 0 aliphatic carbocycles. The van der Waals surface area contributed by atoms with Crippen molar-refractivity contribution in [3.05, 3.63) is 23.8 Å². The summed E-state index contributed by atoms with van der Waals surface area (Å²) >= 11 is 0. The molecule has 1 fully saturated rings. The molecule has 1 heterocycles. The molecule has 25 heavy (non-hydrogen) atoms. The van der Waals surface area contributed by atoms with Crippen LogP contribution in [0.4, 0.5) is 0 Å². The standard InChI is InChI=1S/C18H25NO6/c1-18(2,12-5-6-14(23-3)15(9-12)24-4)17(22)19-7-8-25-13(11-19)10-16(20)21/h5-6,9,13H,7-8,10-11H2,1-4H3,(H,20,21). The number of aliphatic carboxylic acids is 1. The maximum absolute atomic E-state index is 13.1. The van der Waals surface area contributed by atoms with Gasteiger partial charge >= 0.3 is 5.97 Å². The lowest BCUT2D eigenvalue weighted by Crippen LogP contribution is -2.51. The molecule has 0 bridgehead atoms. The molecule has 0 saturated carbocycles. The first-order valence-electron chi connectivity index (χ1n) is 8.15. The van der Waals surface area contributed by atoms with Crippen LogP contribution in [0.1, 0.15) is 25.8 Å². The van der Waals surface area contributed by atoms with Crippen molar-refractivity contribution in [1.82, 2.24) is 4.90 Å². The molecule has 0 radical (unpaired) electrons. The minimum atomic E-state index is -0.932. The second kappa shape index (κ2) is 7.74. The van der Waals surface area contributed by atoms with Gasteiger partial charge in [0.05, 0.1) is 38.8 Å². The maximum Gasteiger partial charge on any atom is 0.306 e. The van der Waals surface area contributed by atoms with Crippen molar-refractivity contribution in [2.24, 2.45) is 0 Å². The Labute approximate surface area is 147 Å². The molecule has 7 nitrogen and oxygen atoms in total. The van der Waals surface area contributed by atoms with Gasteiger partial charge < -0.3 is 24.2 Å². The number of carbonyl (C=O) groups is 2.